The van der Waals surface area contributed by atoms with Crippen LogP contribution in [0, 0.1) is 0 Å². The van der Waals surface area contributed by atoms with Crippen LogP contribution in [0.1, 0.15) is 0 Å². The minimum Gasteiger partial charge on any atom is -0.323 e. The minimum atomic E-state index is -0.181. The fraction of sp³-hybridized carbons (Fsp3) is 0.0769. The second kappa shape index (κ2) is 5.88. The molecule has 1 N–H and O–H groups in total. The number of nitrogens with one attached hydrogen (secondary N) is 1. The van der Waals surface area contributed by atoms with Gasteiger partial charge in [-0.3, -0.25) is 4.79 Å². The third-order valence-corrected chi connectivity index (χ3v) is 3.16. The summed E-state index contributed by atoms with van der Waals surface area (Å²) in [4.78, 5) is 12.0. The molecule has 0 saturated heterocycles. The van der Waals surface area contributed by atoms with E-state index in [-0.39, 0.29) is 12.5 Å². The number of carbonyl (C=O) groups excluding carboxylic acids is 1. The Labute approximate surface area is 128 Å². The summed E-state index contributed by atoms with van der Waals surface area (Å²) in [6.45, 7) is 0.108. The van der Waals surface area contributed by atoms with Crippen LogP contribution >= 0.6 is 15.9 Å². The molecule has 0 aliphatic carbocycles. The molecular weight excluding hydrogens is 336 g/mol. The Hall–Kier alpha value is -2.48. The van der Waals surface area contributed by atoms with E-state index in [1.54, 1.807) is 17.1 Å². The lowest BCUT2D eigenvalue weighted by Crippen LogP contribution is -2.20. The molecule has 1 aromatic carbocycles. The van der Waals surface area contributed by atoms with E-state index in [9.17, 15) is 4.79 Å². The molecule has 1 amide bonds. The van der Waals surface area contributed by atoms with Gasteiger partial charge in [0.05, 0.1) is 28.2 Å². The first-order valence-corrected chi connectivity index (χ1v) is 6.95. The molecule has 0 aliphatic heterocycles. The highest BCUT2D eigenvalue weighted by atomic mass is 79.9. The van der Waals surface area contributed by atoms with E-state index in [1.165, 1.54) is 10.9 Å². The van der Waals surface area contributed by atoms with Gasteiger partial charge in [-0.15, -0.1) is 5.10 Å². The van der Waals surface area contributed by atoms with Crippen molar-refractivity contribution in [1.29, 1.82) is 0 Å². The molecule has 2 aromatic heterocycles. The van der Waals surface area contributed by atoms with E-state index < -0.39 is 0 Å². The lowest BCUT2D eigenvalue weighted by Gasteiger charge is -2.10. The summed E-state index contributed by atoms with van der Waals surface area (Å²) in [5.74, 6) is -0.181. The lowest BCUT2D eigenvalue weighted by atomic mass is 10.2. The number of hydrogen-bond acceptors (Lipinski definition) is 4. The van der Waals surface area contributed by atoms with Crippen molar-refractivity contribution in [3.05, 3.63) is 53.5 Å². The summed E-state index contributed by atoms with van der Waals surface area (Å²) >= 11 is 3.36. The molecule has 21 heavy (non-hydrogen) atoms. The molecule has 0 unspecified atom stereocenters. The number of para-hydroxylation sites is 2. The van der Waals surface area contributed by atoms with Gasteiger partial charge in [-0.2, -0.15) is 5.10 Å². The van der Waals surface area contributed by atoms with Crippen molar-refractivity contribution in [3.63, 3.8) is 0 Å². The number of benzene rings is 1. The van der Waals surface area contributed by atoms with Gasteiger partial charge < -0.3 is 5.32 Å². The number of rotatable bonds is 4. The van der Waals surface area contributed by atoms with Gasteiger partial charge in [0, 0.05) is 12.4 Å². The van der Waals surface area contributed by atoms with Crippen LogP contribution in [0.3, 0.4) is 0 Å². The summed E-state index contributed by atoms with van der Waals surface area (Å²) in [5.41, 5.74) is 1.47. The van der Waals surface area contributed by atoms with E-state index in [0.29, 0.717) is 5.69 Å². The summed E-state index contributed by atoms with van der Waals surface area (Å²) < 4.78 is 4.02. The molecule has 8 heteroatoms. The van der Waals surface area contributed by atoms with Crippen LogP contribution in [0.4, 0.5) is 5.69 Å². The van der Waals surface area contributed by atoms with E-state index in [1.807, 2.05) is 30.5 Å². The van der Waals surface area contributed by atoms with Crippen LogP contribution in [0.25, 0.3) is 5.69 Å². The van der Waals surface area contributed by atoms with E-state index in [2.05, 4.69) is 36.7 Å². The van der Waals surface area contributed by atoms with Crippen LogP contribution in [0.2, 0.25) is 0 Å². The predicted molar refractivity (Wildman–Crippen MR) is 79.9 cm³/mol. The van der Waals surface area contributed by atoms with Gasteiger partial charge in [0.2, 0.25) is 5.91 Å². The highest BCUT2D eigenvalue weighted by molar-refractivity contribution is 9.10. The van der Waals surface area contributed by atoms with Crippen molar-refractivity contribution in [2.75, 3.05) is 5.32 Å². The Morgan fingerprint density at radius 1 is 1.33 bits per heavy atom. The van der Waals surface area contributed by atoms with Gasteiger partial charge in [-0.1, -0.05) is 17.3 Å². The zero-order valence-corrected chi connectivity index (χ0v) is 12.4. The van der Waals surface area contributed by atoms with Crippen molar-refractivity contribution >= 4 is 27.5 Å². The van der Waals surface area contributed by atoms with Crippen molar-refractivity contribution in [1.82, 2.24) is 24.8 Å². The maximum absolute atomic E-state index is 12.0. The van der Waals surface area contributed by atoms with Crippen molar-refractivity contribution in [2.45, 2.75) is 6.54 Å². The van der Waals surface area contributed by atoms with Gasteiger partial charge in [0.15, 0.2) is 0 Å². The molecule has 106 valence electrons. The van der Waals surface area contributed by atoms with Crippen LogP contribution < -0.4 is 5.32 Å². The molecule has 0 radical (unpaired) electrons. The SMILES string of the molecule is O=C(Cn1ccnn1)Nc1ccccc1-n1cc(Br)cn1. The van der Waals surface area contributed by atoms with Gasteiger partial charge in [-0.25, -0.2) is 9.36 Å². The molecule has 0 spiro atoms. The van der Waals surface area contributed by atoms with E-state index in [4.69, 9.17) is 0 Å². The first-order chi connectivity index (χ1) is 10.2. The number of anilines is 1. The van der Waals surface area contributed by atoms with Crippen LogP contribution in [-0.4, -0.2) is 30.7 Å². The van der Waals surface area contributed by atoms with Crippen molar-refractivity contribution in [2.24, 2.45) is 0 Å². The number of hydrogen-bond donors (Lipinski definition) is 1. The maximum atomic E-state index is 12.0. The first-order valence-electron chi connectivity index (χ1n) is 6.16. The Kier molecular flexibility index (Phi) is 3.78. The Morgan fingerprint density at radius 3 is 2.90 bits per heavy atom. The molecular formula is C13H11BrN6O. The normalized spacial score (nSPS) is 10.5. The number of carbonyl (C=O) groups is 1. The number of halogens is 1. The highest BCUT2D eigenvalue weighted by Gasteiger charge is 2.09. The van der Waals surface area contributed by atoms with E-state index >= 15 is 0 Å². The third kappa shape index (κ3) is 3.16. The van der Waals surface area contributed by atoms with Crippen molar-refractivity contribution < 1.29 is 4.79 Å². The molecule has 0 bridgehead atoms. The predicted octanol–water partition coefficient (Wildman–Crippen LogP) is 1.86. The molecule has 0 saturated carbocycles. The maximum Gasteiger partial charge on any atom is 0.246 e. The average Bonchev–Trinajstić information content (AvgIpc) is 3.11. The summed E-state index contributed by atoms with van der Waals surface area (Å²) in [6.07, 6.45) is 6.68. The Balaban J connectivity index is 1.81. The van der Waals surface area contributed by atoms with Gasteiger partial charge in [0.25, 0.3) is 0 Å². The Bertz CT molecular complexity index is 752. The van der Waals surface area contributed by atoms with E-state index in [0.717, 1.165) is 10.2 Å². The molecule has 0 aliphatic rings. The molecule has 0 atom stereocenters. The van der Waals surface area contributed by atoms with Crippen molar-refractivity contribution in [3.8, 4) is 5.69 Å². The number of nitrogens with zero attached hydrogens (tertiary/aromatic N) is 5. The molecule has 3 rings (SSSR count). The van der Waals surface area contributed by atoms with Crippen LogP contribution in [-0.2, 0) is 11.3 Å². The summed E-state index contributed by atoms with van der Waals surface area (Å²) in [5, 5.41) is 14.5. The molecule has 0 fully saturated rings. The fourth-order valence-corrected chi connectivity index (χ4v) is 2.15. The summed E-state index contributed by atoms with van der Waals surface area (Å²) in [6, 6.07) is 7.44. The number of amides is 1. The highest BCUT2D eigenvalue weighted by Crippen LogP contribution is 2.21. The van der Waals surface area contributed by atoms with Gasteiger partial charge in [0.1, 0.15) is 6.54 Å². The van der Waals surface area contributed by atoms with Crippen LogP contribution in [0.15, 0.2) is 53.5 Å². The zero-order valence-electron chi connectivity index (χ0n) is 10.8. The standard InChI is InChI=1S/C13H11BrN6O/c14-10-7-16-20(8-10)12-4-2-1-3-11(12)17-13(21)9-19-6-5-15-18-19/h1-8H,9H2,(H,17,21). The number of aromatic nitrogens is 5. The minimum absolute atomic E-state index is 0.108. The smallest absolute Gasteiger partial charge is 0.246 e. The lowest BCUT2D eigenvalue weighted by molar-refractivity contribution is -0.116. The molecule has 7 nitrogen and oxygen atoms in total. The molecule has 3 aromatic rings. The first kappa shape index (κ1) is 13.5. The van der Waals surface area contributed by atoms with Crippen LogP contribution in [0.5, 0.6) is 0 Å². The summed E-state index contributed by atoms with van der Waals surface area (Å²) in [7, 11) is 0. The average molecular weight is 347 g/mol. The quantitative estimate of drug-likeness (QED) is 0.782. The van der Waals surface area contributed by atoms with Gasteiger partial charge in [-0.05, 0) is 28.1 Å². The molecule has 2 heterocycles. The second-order valence-electron chi connectivity index (χ2n) is 4.27. The fourth-order valence-electron chi connectivity index (χ4n) is 1.87. The topological polar surface area (TPSA) is 77.6 Å². The third-order valence-electron chi connectivity index (χ3n) is 2.75. The second-order valence-corrected chi connectivity index (χ2v) is 5.18. The van der Waals surface area contributed by atoms with Gasteiger partial charge >= 0.3 is 0 Å². The monoisotopic (exact) mass is 346 g/mol. The zero-order chi connectivity index (χ0) is 14.7. The largest absolute Gasteiger partial charge is 0.323 e. The Morgan fingerprint density at radius 2 is 2.19 bits per heavy atom.